The predicted octanol–water partition coefficient (Wildman–Crippen LogP) is 4.31. The molecule has 2 aromatic carbocycles. The van der Waals surface area contributed by atoms with E-state index in [-0.39, 0.29) is 0 Å². The van der Waals surface area contributed by atoms with E-state index in [0.29, 0.717) is 0 Å². The van der Waals surface area contributed by atoms with E-state index in [1.54, 1.807) is 21.3 Å². The molecule has 0 saturated carbocycles. The SMILES string of the molecule is COc1cc(N2CCN(C/C=C/c3ccc(OC)c(OC)c3)CC2)ccc1Br. The number of methoxy groups -OCH3 is 3. The number of rotatable bonds is 7. The Kier molecular flexibility index (Phi) is 7.23. The van der Waals surface area contributed by atoms with Crippen LogP contribution in [0.25, 0.3) is 6.08 Å². The molecular weight excluding hydrogens is 420 g/mol. The molecule has 0 radical (unpaired) electrons. The maximum atomic E-state index is 5.41. The minimum absolute atomic E-state index is 0.750. The van der Waals surface area contributed by atoms with Gasteiger partial charge in [-0.25, -0.2) is 0 Å². The second-order valence-corrected chi connectivity index (χ2v) is 7.48. The second-order valence-electron chi connectivity index (χ2n) is 6.62. The number of anilines is 1. The van der Waals surface area contributed by atoms with Gasteiger partial charge in [-0.15, -0.1) is 0 Å². The first-order valence-corrected chi connectivity index (χ1v) is 10.1. The van der Waals surface area contributed by atoms with Crippen molar-refractivity contribution in [1.82, 2.24) is 4.90 Å². The summed E-state index contributed by atoms with van der Waals surface area (Å²) in [4.78, 5) is 4.87. The molecule has 0 amide bonds. The van der Waals surface area contributed by atoms with Crippen LogP contribution in [-0.2, 0) is 0 Å². The number of piperazine rings is 1. The summed E-state index contributed by atoms with van der Waals surface area (Å²) in [5.41, 5.74) is 2.32. The summed E-state index contributed by atoms with van der Waals surface area (Å²) in [6.07, 6.45) is 4.34. The van der Waals surface area contributed by atoms with Crippen molar-refractivity contribution in [2.24, 2.45) is 0 Å². The van der Waals surface area contributed by atoms with E-state index >= 15 is 0 Å². The van der Waals surface area contributed by atoms with E-state index in [2.05, 4.69) is 50.0 Å². The Balaban J connectivity index is 1.52. The van der Waals surface area contributed by atoms with E-state index in [0.717, 1.165) is 60.0 Å². The number of hydrogen-bond acceptors (Lipinski definition) is 5. The van der Waals surface area contributed by atoms with E-state index < -0.39 is 0 Å². The fraction of sp³-hybridized carbons (Fsp3) is 0.364. The van der Waals surface area contributed by atoms with Crippen LogP contribution in [0.1, 0.15) is 5.56 Å². The summed E-state index contributed by atoms with van der Waals surface area (Å²) in [6.45, 7) is 5.03. The van der Waals surface area contributed by atoms with Gasteiger partial charge in [0.25, 0.3) is 0 Å². The fourth-order valence-electron chi connectivity index (χ4n) is 3.33. The summed E-state index contributed by atoms with van der Waals surface area (Å²) < 4.78 is 17.0. The second kappa shape index (κ2) is 9.85. The van der Waals surface area contributed by atoms with Crippen molar-refractivity contribution in [1.29, 1.82) is 0 Å². The van der Waals surface area contributed by atoms with Crippen molar-refractivity contribution in [2.45, 2.75) is 0 Å². The Morgan fingerprint density at radius 1 is 0.857 bits per heavy atom. The molecule has 0 unspecified atom stereocenters. The highest BCUT2D eigenvalue weighted by atomic mass is 79.9. The molecule has 0 atom stereocenters. The minimum Gasteiger partial charge on any atom is -0.495 e. The van der Waals surface area contributed by atoms with Gasteiger partial charge in [0.15, 0.2) is 11.5 Å². The Morgan fingerprint density at radius 2 is 1.57 bits per heavy atom. The number of hydrogen-bond donors (Lipinski definition) is 0. The summed E-state index contributed by atoms with van der Waals surface area (Å²) in [6, 6.07) is 12.2. The molecule has 1 aliphatic heterocycles. The first kappa shape index (κ1) is 20.6. The van der Waals surface area contributed by atoms with Crippen LogP contribution in [-0.4, -0.2) is 59.0 Å². The maximum absolute atomic E-state index is 5.41. The molecule has 1 aliphatic rings. The molecule has 3 rings (SSSR count). The first-order valence-electron chi connectivity index (χ1n) is 9.34. The van der Waals surface area contributed by atoms with E-state index in [1.807, 2.05) is 24.3 Å². The van der Waals surface area contributed by atoms with Gasteiger partial charge in [0.2, 0.25) is 0 Å². The van der Waals surface area contributed by atoms with Gasteiger partial charge in [0.1, 0.15) is 5.75 Å². The van der Waals surface area contributed by atoms with Gasteiger partial charge >= 0.3 is 0 Å². The van der Waals surface area contributed by atoms with E-state index in [4.69, 9.17) is 14.2 Å². The molecule has 1 heterocycles. The molecular formula is C22H27BrN2O3. The topological polar surface area (TPSA) is 34.2 Å². The Hall–Kier alpha value is -2.18. The van der Waals surface area contributed by atoms with Gasteiger partial charge < -0.3 is 19.1 Å². The highest BCUT2D eigenvalue weighted by molar-refractivity contribution is 9.10. The van der Waals surface area contributed by atoms with E-state index in [1.165, 1.54) is 5.69 Å². The molecule has 28 heavy (non-hydrogen) atoms. The average molecular weight is 447 g/mol. The van der Waals surface area contributed by atoms with Crippen molar-refractivity contribution in [3.63, 3.8) is 0 Å². The lowest BCUT2D eigenvalue weighted by molar-refractivity contribution is 0.284. The van der Waals surface area contributed by atoms with Gasteiger partial charge in [-0.3, -0.25) is 4.90 Å². The molecule has 0 N–H and O–H groups in total. The molecule has 2 aromatic rings. The number of benzene rings is 2. The van der Waals surface area contributed by atoms with Crippen LogP contribution in [0, 0.1) is 0 Å². The summed E-state index contributed by atoms with van der Waals surface area (Å²) in [7, 11) is 5.01. The molecule has 5 nitrogen and oxygen atoms in total. The van der Waals surface area contributed by atoms with Crippen LogP contribution >= 0.6 is 15.9 Å². The third kappa shape index (κ3) is 5.00. The van der Waals surface area contributed by atoms with Crippen LogP contribution in [0.3, 0.4) is 0 Å². The van der Waals surface area contributed by atoms with Gasteiger partial charge in [0.05, 0.1) is 25.8 Å². The molecule has 0 aliphatic carbocycles. The molecule has 150 valence electrons. The van der Waals surface area contributed by atoms with Gasteiger partial charge in [0, 0.05) is 44.5 Å². The molecule has 1 saturated heterocycles. The number of ether oxygens (including phenoxy) is 3. The highest BCUT2D eigenvalue weighted by Crippen LogP contribution is 2.30. The average Bonchev–Trinajstić information content (AvgIpc) is 2.74. The van der Waals surface area contributed by atoms with Crippen molar-refractivity contribution in [2.75, 3.05) is 59.0 Å². The normalized spacial score (nSPS) is 15.1. The first-order chi connectivity index (χ1) is 13.6. The largest absolute Gasteiger partial charge is 0.495 e. The van der Waals surface area contributed by atoms with Crippen molar-refractivity contribution < 1.29 is 14.2 Å². The van der Waals surface area contributed by atoms with Crippen LogP contribution in [0.4, 0.5) is 5.69 Å². The standard InChI is InChI=1S/C22H27BrN2O3/c1-26-20-9-6-17(15-22(20)28-3)5-4-10-24-11-13-25(14-12-24)18-7-8-19(23)21(16-18)27-2/h4-9,15-16H,10-14H2,1-3H3/b5-4+. The van der Waals surface area contributed by atoms with Crippen molar-refractivity contribution in [3.8, 4) is 17.2 Å². The van der Waals surface area contributed by atoms with Gasteiger partial charge in [-0.1, -0.05) is 18.2 Å². The van der Waals surface area contributed by atoms with E-state index in [9.17, 15) is 0 Å². The lowest BCUT2D eigenvalue weighted by Gasteiger charge is -2.35. The zero-order chi connectivity index (χ0) is 19.9. The molecule has 0 aromatic heterocycles. The fourth-order valence-corrected chi connectivity index (χ4v) is 3.74. The quantitative estimate of drug-likeness (QED) is 0.632. The third-order valence-corrected chi connectivity index (χ3v) is 5.61. The maximum Gasteiger partial charge on any atom is 0.161 e. The molecule has 6 heteroatoms. The molecule has 0 spiro atoms. The number of nitrogens with zero attached hydrogens (tertiary/aromatic N) is 2. The smallest absolute Gasteiger partial charge is 0.161 e. The zero-order valence-corrected chi connectivity index (χ0v) is 18.2. The van der Waals surface area contributed by atoms with Gasteiger partial charge in [-0.05, 0) is 45.8 Å². The monoisotopic (exact) mass is 446 g/mol. The molecule has 0 bridgehead atoms. The van der Waals surface area contributed by atoms with Gasteiger partial charge in [-0.2, -0.15) is 0 Å². The van der Waals surface area contributed by atoms with Crippen LogP contribution < -0.4 is 19.1 Å². The van der Waals surface area contributed by atoms with Crippen LogP contribution in [0.15, 0.2) is 46.9 Å². The van der Waals surface area contributed by atoms with Crippen molar-refractivity contribution in [3.05, 3.63) is 52.5 Å². The Labute approximate surface area is 175 Å². The predicted molar refractivity (Wildman–Crippen MR) is 118 cm³/mol. The lowest BCUT2D eigenvalue weighted by atomic mass is 10.2. The lowest BCUT2D eigenvalue weighted by Crippen LogP contribution is -2.46. The highest BCUT2D eigenvalue weighted by Gasteiger charge is 2.17. The third-order valence-electron chi connectivity index (χ3n) is 4.95. The van der Waals surface area contributed by atoms with Crippen LogP contribution in [0.2, 0.25) is 0 Å². The zero-order valence-electron chi connectivity index (χ0n) is 16.7. The van der Waals surface area contributed by atoms with Crippen LogP contribution in [0.5, 0.6) is 17.2 Å². The summed E-state index contributed by atoms with van der Waals surface area (Å²) in [5.74, 6) is 2.38. The summed E-state index contributed by atoms with van der Waals surface area (Å²) >= 11 is 3.51. The van der Waals surface area contributed by atoms with Crippen molar-refractivity contribution >= 4 is 27.7 Å². The Bertz CT molecular complexity index is 817. The Morgan fingerprint density at radius 3 is 2.25 bits per heavy atom. The number of halogens is 1. The minimum atomic E-state index is 0.750. The summed E-state index contributed by atoms with van der Waals surface area (Å²) in [5, 5.41) is 0. The molecule has 1 fully saturated rings.